The average Bonchev–Trinajstić information content (AvgIpc) is 2.93. The minimum absolute atomic E-state index is 0.154. The first kappa shape index (κ1) is 12.2. The molecule has 1 aliphatic carbocycles. The number of thiazole rings is 1. The van der Waals surface area contributed by atoms with Gasteiger partial charge in [0.05, 0.1) is 5.69 Å². The summed E-state index contributed by atoms with van der Waals surface area (Å²) in [4.78, 5) is 17.9. The highest BCUT2D eigenvalue weighted by atomic mass is 32.1. The summed E-state index contributed by atoms with van der Waals surface area (Å²) in [6.45, 7) is 1.92. The lowest BCUT2D eigenvalue weighted by atomic mass is 10.1. The Balaban J connectivity index is 1.78. The Kier molecular flexibility index (Phi) is 2.98. The monoisotopic (exact) mass is 273 g/mol. The Hall–Kier alpha value is -1.88. The second-order valence-corrected chi connectivity index (χ2v) is 5.85. The van der Waals surface area contributed by atoms with Crippen LogP contribution in [0.1, 0.15) is 32.9 Å². The van der Waals surface area contributed by atoms with Gasteiger partial charge in [0.2, 0.25) is 0 Å². The normalized spacial score (nSPS) is 13.3. The largest absolute Gasteiger partial charge is 0.398 e. The summed E-state index contributed by atoms with van der Waals surface area (Å²) in [5, 5.41) is 3.54. The maximum Gasteiger partial charge on any atom is 0.257 e. The summed E-state index contributed by atoms with van der Waals surface area (Å²) >= 11 is 1.58. The van der Waals surface area contributed by atoms with Crippen LogP contribution in [0.15, 0.2) is 18.2 Å². The van der Waals surface area contributed by atoms with Gasteiger partial charge in [-0.2, -0.15) is 0 Å². The molecule has 1 aromatic heterocycles. The zero-order chi connectivity index (χ0) is 13.4. The number of anilines is 2. The summed E-state index contributed by atoms with van der Waals surface area (Å²) in [5.74, 6) is -0.154. The van der Waals surface area contributed by atoms with E-state index >= 15 is 0 Å². The van der Waals surface area contributed by atoms with Crippen molar-refractivity contribution in [3.8, 4) is 0 Å². The lowest BCUT2D eigenvalue weighted by Gasteiger charge is -2.04. The molecule has 5 heteroatoms. The molecule has 3 N–H and O–H groups in total. The van der Waals surface area contributed by atoms with E-state index in [4.69, 9.17) is 5.73 Å². The average molecular weight is 273 g/mol. The number of fused-ring (bicyclic) bond motifs is 1. The fourth-order valence-corrected chi connectivity index (χ4v) is 3.24. The molecule has 2 aromatic rings. The molecule has 3 rings (SSSR count). The van der Waals surface area contributed by atoms with Crippen LogP contribution in [-0.2, 0) is 12.8 Å². The van der Waals surface area contributed by atoms with Crippen LogP contribution in [0, 0.1) is 6.92 Å². The van der Waals surface area contributed by atoms with E-state index in [1.54, 1.807) is 23.5 Å². The molecular weight excluding hydrogens is 258 g/mol. The molecule has 0 saturated heterocycles. The number of amides is 1. The van der Waals surface area contributed by atoms with Crippen molar-refractivity contribution in [3.63, 3.8) is 0 Å². The van der Waals surface area contributed by atoms with E-state index in [2.05, 4.69) is 10.3 Å². The maximum atomic E-state index is 12.1. The lowest BCUT2D eigenvalue weighted by Crippen LogP contribution is -2.12. The van der Waals surface area contributed by atoms with Crippen LogP contribution in [0.25, 0.3) is 0 Å². The number of hydrogen-bond acceptors (Lipinski definition) is 4. The van der Waals surface area contributed by atoms with E-state index in [0.717, 1.165) is 24.1 Å². The number of nitrogens with two attached hydrogens (primary N) is 1. The van der Waals surface area contributed by atoms with Crippen LogP contribution in [0.4, 0.5) is 10.8 Å². The van der Waals surface area contributed by atoms with Gasteiger partial charge in [0.1, 0.15) is 0 Å². The standard InChI is InChI=1S/C14H15N3OS/c1-8-5-6-9(7-10(8)15)13(18)17-14-16-11-3-2-4-12(11)19-14/h5-7H,2-4,15H2,1H3,(H,16,17,18). The Morgan fingerprint density at radius 3 is 3.00 bits per heavy atom. The minimum atomic E-state index is -0.154. The highest BCUT2D eigenvalue weighted by Crippen LogP contribution is 2.30. The molecule has 1 heterocycles. The molecule has 98 valence electrons. The van der Waals surface area contributed by atoms with Crippen LogP contribution < -0.4 is 11.1 Å². The van der Waals surface area contributed by atoms with Crippen molar-refractivity contribution in [3.05, 3.63) is 39.9 Å². The van der Waals surface area contributed by atoms with Gasteiger partial charge in [0.25, 0.3) is 5.91 Å². The fraction of sp³-hybridized carbons (Fsp3) is 0.286. The van der Waals surface area contributed by atoms with Gasteiger partial charge >= 0.3 is 0 Å². The Morgan fingerprint density at radius 2 is 2.26 bits per heavy atom. The molecular formula is C14H15N3OS. The molecule has 19 heavy (non-hydrogen) atoms. The number of hydrogen-bond donors (Lipinski definition) is 2. The van der Waals surface area contributed by atoms with E-state index in [0.29, 0.717) is 16.4 Å². The summed E-state index contributed by atoms with van der Waals surface area (Å²) in [7, 11) is 0. The van der Waals surface area contributed by atoms with E-state index < -0.39 is 0 Å². The summed E-state index contributed by atoms with van der Waals surface area (Å²) < 4.78 is 0. The van der Waals surface area contributed by atoms with Crippen molar-refractivity contribution in [1.82, 2.24) is 4.98 Å². The third-order valence-electron chi connectivity index (χ3n) is 3.36. The molecule has 0 radical (unpaired) electrons. The van der Waals surface area contributed by atoms with E-state index in [1.165, 1.54) is 11.3 Å². The quantitative estimate of drug-likeness (QED) is 0.827. The van der Waals surface area contributed by atoms with Gasteiger partial charge in [-0.3, -0.25) is 10.1 Å². The molecule has 1 amide bonds. The van der Waals surface area contributed by atoms with Crippen molar-refractivity contribution >= 4 is 28.1 Å². The summed E-state index contributed by atoms with van der Waals surface area (Å²) in [6.07, 6.45) is 3.29. The zero-order valence-electron chi connectivity index (χ0n) is 10.7. The van der Waals surface area contributed by atoms with Crippen molar-refractivity contribution in [2.24, 2.45) is 0 Å². The number of nitrogen functional groups attached to an aromatic ring is 1. The number of nitrogens with one attached hydrogen (secondary N) is 1. The van der Waals surface area contributed by atoms with E-state index in [9.17, 15) is 4.79 Å². The van der Waals surface area contributed by atoms with Crippen LogP contribution >= 0.6 is 11.3 Å². The molecule has 1 aromatic carbocycles. The molecule has 0 spiro atoms. The van der Waals surface area contributed by atoms with E-state index in [-0.39, 0.29) is 5.91 Å². The molecule has 0 atom stereocenters. The van der Waals surface area contributed by atoms with Crippen LogP contribution in [-0.4, -0.2) is 10.9 Å². The van der Waals surface area contributed by atoms with Gasteiger partial charge in [0, 0.05) is 16.1 Å². The van der Waals surface area contributed by atoms with Gasteiger partial charge < -0.3 is 5.73 Å². The summed E-state index contributed by atoms with van der Waals surface area (Å²) in [5.41, 5.74) is 9.14. The molecule has 0 saturated carbocycles. The van der Waals surface area contributed by atoms with Gasteiger partial charge in [-0.15, -0.1) is 11.3 Å². The fourth-order valence-electron chi connectivity index (χ4n) is 2.19. The van der Waals surface area contributed by atoms with Crippen molar-refractivity contribution < 1.29 is 4.79 Å². The number of rotatable bonds is 2. The number of aromatic nitrogens is 1. The number of carbonyl (C=O) groups is 1. The maximum absolute atomic E-state index is 12.1. The van der Waals surface area contributed by atoms with Gasteiger partial charge in [-0.25, -0.2) is 4.98 Å². The molecule has 0 unspecified atom stereocenters. The van der Waals surface area contributed by atoms with Gasteiger partial charge in [0.15, 0.2) is 5.13 Å². The first-order chi connectivity index (χ1) is 9.13. The Morgan fingerprint density at radius 1 is 1.42 bits per heavy atom. The predicted molar refractivity (Wildman–Crippen MR) is 77.7 cm³/mol. The number of carbonyl (C=O) groups excluding carboxylic acids is 1. The van der Waals surface area contributed by atoms with Crippen molar-refractivity contribution in [2.75, 3.05) is 11.1 Å². The van der Waals surface area contributed by atoms with E-state index in [1.807, 2.05) is 13.0 Å². The Bertz CT molecular complexity index is 627. The first-order valence-electron chi connectivity index (χ1n) is 6.29. The predicted octanol–water partition coefficient (Wildman–Crippen LogP) is 2.77. The zero-order valence-corrected chi connectivity index (χ0v) is 11.5. The first-order valence-corrected chi connectivity index (χ1v) is 7.11. The SMILES string of the molecule is Cc1ccc(C(=O)Nc2nc3c(s2)CCC3)cc1N. The molecule has 0 aliphatic heterocycles. The molecule has 0 bridgehead atoms. The second kappa shape index (κ2) is 4.66. The van der Waals surface area contributed by atoms with Crippen LogP contribution in [0.2, 0.25) is 0 Å². The lowest BCUT2D eigenvalue weighted by molar-refractivity contribution is 0.102. The third kappa shape index (κ3) is 2.33. The van der Waals surface area contributed by atoms with Crippen molar-refractivity contribution in [2.45, 2.75) is 26.2 Å². The number of nitrogens with zero attached hydrogens (tertiary/aromatic N) is 1. The smallest absolute Gasteiger partial charge is 0.257 e. The topological polar surface area (TPSA) is 68.0 Å². The van der Waals surface area contributed by atoms with Crippen molar-refractivity contribution in [1.29, 1.82) is 0 Å². The Labute approximate surface area is 115 Å². The molecule has 1 aliphatic rings. The second-order valence-electron chi connectivity index (χ2n) is 4.77. The highest BCUT2D eigenvalue weighted by molar-refractivity contribution is 7.15. The third-order valence-corrected chi connectivity index (χ3v) is 4.43. The highest BCUT2D eigenvalue weighted by Gasteiger charge is 2.18. The van der Waals surface area contributed by atoms with Gasteiger partial charge in [-0.05, 0) is 43.9 Å². The minimum Gasteiger partial charge on any atom is -0.398 e. The van der Waals surface area contributed by atoms with Gasteiger partial charge in [-0.1, -0.05) is 6.07 Å². The van der Waals surface area contributed by atoms with Crippen LogP contribution in [0.5, 0.6) is 0 Å². The summed E-state index contributed by atoms with van der Waals surface area (Å²) in [6, 6.07) is 5.33. The number of benzene rings is 1. The molecule has 4 nitrogen and oxygen atoms in total. The van der Waals surface area contributed by atoms with Crippen LogP contribution in [0.3, 0.4) is 0 Å². The number of aryl methyl sites for hydroxylation is 3. The molecule has 0 fully saturated rings.